The van der Waals surface area contributed by atoms with Crippen LogP contribution in [0, 0.1) is 90.6 Å². The molecule has 1 aliphatic rings. The molecule has 0 amide bonds. The van der Waals surface area contributed by atoms with Crippen molar-refractivity contribution in [1.29, 1.82) is 42.1 Å². The van der Waals surface area contributed by atoms with Gasteiger partial charge in [-0.25, -0.2) is 0 Å². The highest BCUT2D eigenvalue weighted by Crippen LogP contribution is 2.61. The first-order valence-corrected chi connectivity index (χ1v) is 15.8. The minimum atomic E-state index is -6.35. The van der Waals surface area contributed by atoms with Crippen molar-refractivity contribution in [2.45, 2.75) is 37.1 Å². The van der Waals surface area contributed by atoms with E-state index in [1.165, 1.54) is 0 Å². The zero-order valence-corrected chi connectivity index (χ0v) is 29.7. The second kappa shape index (κ2) is 15.8. The van der Waals surface area contributed by atoms with E-state index in [9.17, 15) is 121 Å². The third-order valence-electron chi connectivity index (χ3n) is 8.71. The van der Waals surface area contributed by atoms with E-state index >= 15 is 0 Å². The molecule has 64 heavy (non-hydrogen) atoms. The molecule has 1 aliphatic carbocycles. The van der Waals surface area contributed by atoms with Gasteiger partial charge in [0.25, 0.3) is 0 Å². The van der Waals surface area contributed by atoms with Gasteiger partial charge >= 0.3 is 37.1 Å². The lowest BCUT2D eigenvalue weighted by atomic mass is 9.85. The Balaban J connectivity index is 2.73. The first kappa shape index (κ1) is 48.2. The number of benzene rings is 3. The second-order valence-electron chi connectivity index (χ2n) is 12.2. The summed E-state index contributed by atoms with van der Waals surface area (Å²) in [5.41, 5.74) is -49.0. The second-order valence-corrected chi connectivity index (χ2v) is 12.2. The number of rotatable bonds is 3. The zero-order chi connectivity index (χ0) is 49.0. The van der Waals surface area contributed by atoms with Crippen LogP contribution in [0.2, 0.25) is 0 Å². The molecule has 3 aromatic carbocycles. The maximum Gasteiger partial charge on any atom is 0.418 e. The van der Waals surface area contributed by atoms with E-state index in [0.717, 1.165) is 30.3 Å². The van der Waals surface area contributed by atoms with Crippen molar-refractivity contribution in [3.8, 4) is 48.6 Å². The Hall–Kier alpha value is -8.46. The average Bonchev–Trinajstić information content (AvgIpc) is 3.87. The summed E-state index contributed by atoms with van der Waals surface area (Å²) in [5, 5.41) is 78.3. The first-order valence-electron chi connectivity index (χ1n) is 15.8. The Labute approximate surface area is 342 Å². The van der Waals surface area contributed by atoms with Crippen molar-refractivity contribution < 1.29 is 79.0 Å². The fraction of sp³-hybridized carbons (Fsp3) is 0.158. The van der Waals surface area contributed by atoms with Crippen LogP contribution in [0.3, 0.4) is 0 Å². The molecule has 0 bridgehead atoms. The van der Waals surface area contributed by atoms with Gasteiger partial charge in [0.2, 0.25) is 0 Å². The van der Waals surface area contributed by atoms with Gasteiger partial charge in [-0.05, 0) is 24.3 Å². The molecule has 0 saturated heterocycles. The molecule has 3 aromatic rings. The van der Waals surface area contributed by atoms with Crippen molar-refractivity contribution in [2.24, 2.45) is 0 Å². The van der Waals surface area contributed by atoms with E-state index < -0.39 is 148 Å². The molecule has 0 heterocycles. The minimum absolute atomic E-state index is 0.166. The number of nitrogens with zero attached hydrogens (tertiary/aromatic N) is 8. The predicted molar refractivity (Wildman–Crippen MR) is 171 cm³/mol. The van der Waals surface area contributed by atoms with E-state index in [-0.39, 0.29) is 24.3 Å². The summed E-state index contributed by atoms with van der Waals surface area (Å²) < 4.78 is 265. The number of allylic oxidation sites excluding steroid dienone is 6. The minimum Gasteiger partial charge on any atom is -0.192 e. The van der Waals surface area contributed by atoms with Gasteiger partial charge in [0.1, 0.15) is 18.2 Å². The molecule has 0 N–H and O–H groups in total. The van der Waals surface area contributed by atoms with Crippen molar-refractivity contribution in [3.05, 3.63) is 119 Å². The van der Waals surface area contributed by atoms with Gasteiger partial charge in [-0.3, -0.25) is 0 Å². The van der Waals surface area contributed by atoms with Gasteiger partial charge in [0.15, 0.2) is 0 Å². The van der Waals surface area contributed by atoms with Gasteiger partial charge in [-0.1, -0.05) is 0 Å². The van der Waals surface area contributed by atoms with Crippen LogP contribution in [0.1, 0.15) is 77.9 Å². The summed E-state index contributed by atoms with van der Waals surface area (Å²) in [7, 11) is 0. The van der Waals surface area contributed by atoms with Crippen molar-refractivity contribution in [3.63, 3.8) is 0 Å². The fourth-order valence-corrected chi connectivity index (χ4v) is 6.53. The average molecular weight is 914 g/mol. The Morgan fingerprint density at radius 3 is 0.750 bits per heavy atom. The highest BCUT2D eigenvalue weighted by atomic mass is 19.4. The fourth-order valence-electron chi connectivity index (χ4n) is 6.53. The van der Waals surface area contributed by atoms with Gasteiger partial charge in [0.05, 0.1) is 108 Å². The Morgan fingerprint density at radius 2 is 0.547 bits per heavy atom. The van der Waals surface area contributed by atoms with Crippen LogP contribution in [-0.4, -0.2) is 0 Å². The molecule has 0 radical (unpaired) electrons. The lowest BCUT2D eigenvalue weighted by molar-refractivity contribution is -0.145. The van der Waals surface area contributed by atoms with E-state index in [1.54, 1.807) is 0 Å². The zero-order valence-electron chi connectivity index (χ0n) is 29.7. The SMILES string of the molecule is N#CC(=C1C(=C(C#N)c2c(C(F)(F)F)c(C#N)cc(C#N)c2C(F)(F)F)C1=C(C#N)c1c(C(F)(F)F)c(C#N)cc(C#N)c1C(F)(F)F)c1c(C(F)(F)F)ccc(C#N)c1C(F)(F)F. The molecule has 0 spiro atoms. The largest absolute Gasteiger partial charge is 0.418 e. The van der Waals surface area contributed by atoms with Gasteiger partial charge in [-0.15, -0.1) is 0 Å². The van der Waals surface area contributed by atoms with Crippen LogP contribution >= 0.6 is 0 Å². The molecule has 0 unspecified atom stereocenters. The molecule has 4 rings (SSSR count). The Bertz CT molecular complexity index is 2790. The maximum atomic E-state index is 14.8. The van der Waals surface area contributed by atoms with Gasteiger partial charge < -0.3 is 0 Å². The predicted octanol–water partition coefficient (Wildman–Crippen LogP) is 11.4. The van der Waals surface area contributed by atoms with Crippen LogP contribution < -0.4 is 0 Å². The molecule has 0 aromatic heterocycles. The number of halogens is 18. The molecule has 322 valence electrons. The summed E-state index contributed by atoms with van der Waals surface area (Å²) >= 11 is 0. The molecule has 1 saturated carbocycles. The molecule has 8 nitrogen and oxygen atoms in total. The molecule has 26 heteroatoms. The van der Waals surface area contributed by atoms with Crippen molar-refractivity contribution in [2.75, 3.05) is 0 Å². The summed E-state index contributed by atoms with van der Waals surface area (Å²) in [4.78, 5) is 0. The van der Waals surface area contributed by atoms with Crippen LogP contribution in [0.25, 0.3) is 16.7 Å². The number of hydrogen-bond acceptors (Lipinski definition) is 8. The number of nitriles is 8. The van der Waals surface area contributed by atoms with E-state index in [4.69, 9.17) is 0 Å². The van der Waals surface area contributed by atoms with Crippen LogP contribution in [-0.2, 0) is 37.1 Å². The van der Waals surface area contributed by atoms with Crippen LogP contribution in [0.5, 0.6) is 0 Å². The number of alkyl halides is 18. The summed E-state index contributed by atoms with van der Waals surface area (Å²) in [6, 6.07) is 4.24. The van der Waals surface area contributed by atoms with Crippen molar-refractivity contribution in [1.82, 2.24) is 0 Å². The molecule has 1 fully saturated rings. The Kier molecular flexibility index (Phi) is 11.9. The number of hydrogen-bond donors (Lipinski definition) is 0. The molecular formula is C38H4F18N8. The highest BCUT2D eigenvalue weighted by Gasteiger charge is 2.54. The molecule has 0 atom stereocenters. The third kappa shape index (κ3) is 8.16. The lowest BCUT2D eigenvalue weighted by Gasteiger charge is -2.21. The first-order chi connectivity index (χ1) is 29.3. The molecular weight excluding hydrogens is 910 g/mol. The molecule has 0 aliphatic heterocycles. The van der Waals surface area contributed by atoms with Gasteiger partial charge in [-0.2, -0.15) is 121 Å². The van der Waals surface area contributed by atoms with Gasteiger partial charge in [0, 0.05) is 33.4 Å². The summed E-state index contributed by atoms with van der Waals surface area (Å²) in [6.07, 6.45) is -37.8. The van der Waals surface area contributed by atoms with Crippen LogP contribution in [0.15, 0.2) is 41.0 Å². The van der Waals surface area contributed by atoms with E-state index in [0.29, 0.717) is 18.2 Å². The normalized spacial score (nSPS) is 14.6. The van der Waals surface area contributed by atoms with E-state index in [1.807, 2.05) is 0 Å². The smallest absolute Gasteiger partial charge is 0.192 e. The third-order valence-corrected chi connectivity index (χ3v) is 8.71. The van der Waals surface area contributed by atoms with Crippen LogP contribution in [0.4, 0.5) is 79.0 Å². The summed E-state index contributed by atoms with van der Waals surface area (Å²) in [5.74, 6) is 0. The van der Waals surface area contributed by atoms with Crippen molar-refractivity contribution >= 4 is 16.7 Å². The quantitative estimate of drug-likeness (QED) is 0.183. The summed E-state index contributed by atoms with van der Waals surface area (Å²) in [6.45, 7) is 0. The standard InChI is InChI=1S/C38H4F18N8/c39-33(40,41)21-2-1-13(5-57)28(34(42,43)44)22(21)18(10-62)23-24(19(11-63)26-29(35(45,46)47)14(6-58)3-15(7-59)30(26)36(48,49)50)25(23)20(12-64)27-31(37(51,52)53)16(8-60)4-17(9-61)32(27)38(54,55)56/h1-4H. The Morgan fingerprint density at radius 1 is 0.312 bits per heavy atom. The highest BCUT2D eigenvalue weighted by molar-refractivity contribution is 6.13. The monoisotopic (exact) mass is 914 g/mol. The topological polar surface area (TPSA) is 190 Å². The van der Waals surface area contributed by atoms with E-state index in [2.05, 4.69) is 0 Å². The maximum absolute atomic E-state index is 14.8. The lowest BCUT2D eigenvalue weighted by Crippen LogP contribution is -2.20.